The summed E-state index contributed by atoms with van der Waals surface area (Å²) >= 11 is 1.22. The first-order valence-electron chi connectivity index (χ1n) is 7.02. The summed E-state index contributed by atoms with van der Waals surface area (Å²) in [6.45, 7) is 8.68. The van der Waals surface area contributed by atoms with Crippen LogP contribution < -0.4 is 9.47 Å². The Hall–Kier alpha value is -0.950. The van der Waals surface area contributed by atoms with E-state index >= 15 is 0 Å². The van der Waals surface area contributed by atoms with Crippen molar-refractivity contribution in [2.75, 3.05) is 20.3 Å². The van der Waals surface area contributed by atoms with E-state index in [2.05, 4.69) is 0 Å². The minimum atomic E-state index is -0.377. The van der Waals surface area contributed by atoms with Gasteiger partial charge in [-0.25, -0.2) is 0 Å². The maximum atomic E-state index is 5.84. The van der Waals surface area contributed by atoms with Crippen molar-refractivity contribution in [3.8, 4) is 11.5 Å². The Bertz CT molecular complexity index is 413. The normalized spacial score (nSPS) is 13.8. The second-order valence-corrected chi connectivity index (χ2v) is 5.05. The molecule has 0 N–H and O–H groups in total. The van der Waals surface area contributed by atoms with Crippen LogP contribution in [0.5, 0.6) is 11.5 Å². The third-order valence-electron chi connectivity index (χ3n) is 2.50. The van der Waals surface area contributed by atoms with Crippen LogP contribution in [0.4, 0.5) is 0 Å². The van der Waals surface area contributed by atoms with Crippen LogP contribution in [-0.2, 0) is 13.7 Å². The molecule has 0 aliphatic rings. The summed E-state index contributed by atoms with van der Waals surface area (Å²) < 4.78 is 27.6. The highest BCUT2D eigenvalue weighted by Gasteiger charge is 2.17. The Kier molecular flexibility index (Phi) is 8.52. The lowest BCUT2D eigenvalue weighted by Gasteiger charge is -2.21. The van der Waals surface area contributed by atoms with Crippen LogP contribution >= 0.6 is 12.0 Å². The number of rotatable bonds is 10. The largest absolute Gasteiger partial charge is 0.461 e. The lowest BCUT2D eigenvalue weighted by Crippen LogP contribution is -2.19. The lowest BCUT2D eigenvalue weighted by molar-refractivity contribution is -0.0778. The van der Waals surface area contributed by atoms with Crippen molar-refractivity contribution in [2.45, 2.75) is 45.2 Å². The highest BCUT2D eigenvalue weighted by Crippen LogP contribution is 2.39. The van der Waals surface area contributed by atoms with Crippen LogP contribution in [0.3, 0.4) is 0 Å². The molecule has 120 valence electrons. The van der Waals surface area contributed by atoms with E-state index in [0.717, 1.165) is 4.90 Å². The molecular weight excluding hydrogens is 292 g/mol. The van der Waals surface area contributed by atoms with E-state index in [4.69, 9.17) is 23.1 Å². The lowest BCUT2D eigenvalue weighted by atomic mass is 10.3. The molecule has 2 atom stereocenters. The fourth-order valence-electron chi connectivity index (χ4n) is 1.74. The quantitative estimate of drug-likeness (QED) is 0.482. The molecule has 2 unspecified atom stereocenters. The summed E-state index contributed by atoms with van der Waals surface area (Å²) in [7, 11) is 1.61. The van der Waals surface area contributed by atoms with Gasteiger partial charge < -0.3 is 23.1 Å². The highest BCUT2D eigenvalue weighted by atomic mass is 32.2. The fraction of sp³-hybridized carbons (Fsp3) is 0.600. The first-order chi connectivity index (χ1) is 10.1. The van der Waals surface area contributed by atoms with Gasteiger partial charge in [-0.3, -0.25) is 0 Å². The maximum Gasteiger partial charge on any atom is 0.197 e. The van der Waals surface area contributed by atoms with E-state index in [1.54, 1.807) is 7.11 Å². The Balaban J connectivity index is 2.96. The zero-order chi connectivity index (χ0) is 15.7. The minimum absolute atomic E-state index is 0.359. The van der Waals surface area contributed by atoms with E-state index in [9.17, 15) is 0 Å². The smallest absolute Gasteiger partial charge is 0.197 e. The predicted octanol–water partition coefficient (Wildman–Crippen LogP) is 3.86. The monoisotopic (exact) mass is 316 g/mol. The molecule has 21 heavy (non-hydrogen) atoms. The van der Waals surface area contributed by atoms with Crippen LogP contribution in [0.25, 0.3) is 0 Å². The van der Waals surface area contributed by atoms with Crippen LogP contribution in [-0.4, -0.2) is 32.9 Å². The Labute approximate surface area is 131 Å². The van der Waals surface area contributed by atoms with Gasteiger partial charge in [-0.2, -0.15) is 0 Å². The van der Waals surface area contributed by atoms with Gasteiger partial charge in [0.2, 0.25) is 0 Å². The number of ether oxygens (including phenoxy) is 4. The van der Waals surface area contributed by atoms with Crippen molar-refractivity contribution in [2.24, 2.45) is 0 Å². The molecule has 0 aliphatic carbocycles. The second-order valence-electron chi connectivity index (χ2n) is 4.12. The van der Waals surface area contributed by atoms with E-state index in [0.29, 0.717) is 24.7 Å². The Morgan fingerprint density at radius 1 is 1.00 bits per heavy atom. The van der Waals surface area contributed by atoms with E-state index in [1.165, 1.54) is 12.0 Å². The predicted molar refractivity (Wildman–Crippen MR) is 82.7 cm³/mol. The third-order valence-corrected chi connectivity index (χ3v) is 3.16. The summed E-state index contributed by atoms with van der Waals surface area (Å²) in [5.41, 5.74) is 0. The molecule has 1 aromatic carbocycles. The summed E-state index contributed by atoms with van der Waals surface area (Å²) in [5.74, 6) is 1.20. The molecule has 0 amide bonds. The van der Waals surface area contributed by atoms with Gasteiger partial charge in [0.1, 0.15) is 0 Å². The van der Waals surface area contributed by atoms with Crippen LogP contribution in [0.2, 0.25) is 0 Å². The van der Waals surface area contributed by atoms with Gasteiger partial charge in [-0.15, -0.1) is 0 Å². The number of hydrogen-bond donors (Lipinski definition) is 0. The van der Waals surface area contributed by atoms with Crippen LogP contribution in [0.15, 0.2) is 23.1 Å². The molecule has 0 radical (unpaired) electrons. The van der Waals surface area contributed by atoms with Gasteiger partial charge in [0.05, 0.1) is 12.0 Å². The van der Waals surface area contributed by atoms with Gasteiger partial charge in [0.15, 0.2) is 24.1 Å². The minimum Gasteiger partial charge on any atom is -0.461 e. The molecule has 0 fully saturated rings. The summed E-state index contributed by atoms with van der Waals surface area (Å²) in [6.07, 6.45) is -0.735. The molecule has 5 nitrogen and oxygen atoms in total. The van der Waals surface area contributed by atoms with Crippen molar-refractivity contribution in [3.05, 3.63) is 18.2 Å². The van der Waals surface area contributed by atoms with Crippen LogP contribution in [0, 0.1) is 0 Å². The molecule has 0 aliphatic heterocycles. The van der Waals surface area contributed by atoms with E-state index in [-0.39, 0.29) is 12.6 Å². The highest BCUT2D eigenvalue weighted by molar-refractivity contribution is 7.94. The first kappa shape index (κ1) is 18.1. The molecule has 6 heteroatoms. The average Bonchev–Trinajstić information content (AvgIpc) is 2.43. The van der Waals surface area contributed by atoms with Gasteiger partial charge in [-0.05, 0) is 39.8 Å². The molecule has 0 aromatic heterocycles. The second kappa shape index (κ2) is 9.89. The van der Waals surface area contributed by atoms with Crippen molar-refractivity contribution in [1.29, 1.82) is 0 Å². The Morgan fingerprint density at radius 2 is 1.62 bits per heavy atom. The van der Waals surface area contributed by atoms with Gasteiger partial charge in [0, 0.05) is 25.3 Å². The zero-order valence-electron chi connectivity index (χ0n) is 13.3. The topological polar surface area (TPSA) is 46.2 Å². The molecule has 1 aromatic rings. The van der Waals surface area contributed by atoms with Gasteiger partial charge in [-0.1, -0.05) is 6.07 Å². The molecular formula is C15H24O5S. The summed E-state index contributed by atoms with van der Waals surface area (Å²) in [4.78, 5) is 0.824. The van der Waals surface area contributed by atoms with E-state index < -0.39 is 0 Å². The van der Waals surface area contributed by atoms with Crippen molar-refractivity contribution in [1.82, 2.24) is 0 Å². The molecule has 0 heterocycles. The van der Waals surface area contributed by atoms with Crippen LogP contribution in [0.1, 0.15) is 27.7 Å². The standard InChI is InChI=1S/C15H24O5S/c1-6-17-11(3)19-13-9-8-10-14(21-16-5)15(13)20-12(4)18-7-2/h8-12H,6-7H2,1-5H3. The Morgan fingerprint density at radius 3 is 2.19 bits per heavy atom. The first-order valence-corrected chi connectivity index (χ1v) is 7.76. The molecule has 0 spiro atoms. The molecule has 0 saturated carbocycles. The number of hydrogen-bond acceptors (Lipinski definition) is 6. The van der Waals surface area contributed by atoms with Gasteiger partial charge >= 0.3 is 0 Å². The third kappa shape index (κ3) is 6.13. The van der Waals surface area contributed by atoms with Gasteiger partial charge in [0.25, 0.3) is 0 Å². The molecule has 0 bridgehead atoms. The maximum absolute atomic E-state index is 5.84. The van der Waals surface area contributed by atoms with Crippen molar-refractivity contribution >= 4 is 12.0 Å². The fourth-order valence-corrected chi connectivity index (χ4v) is 2.28. The zero-order valence-corrected chi connectivity index (χ0v) is 14.1. The molecule has 1 rings (SSSR count). The molecule has 0 saturated heterocycles. The van der Waals surface area contributed by atoms with E-state index in [1.807, 2.05) is 45.9 Å². The number of para-hydroxylation sites is 1. The SMILES string of the molecule is CCOC(C)Oc1cccc(SOC)c1OC(C)OCC. The van der Waals surface area contributed by atoms with Crippen molar-refractivity contribution in [3.63, 3.8) is 0 Å². The van der Waals surface area contributed by atoms with Crippen molar-refractivity contribution < 1.29 is 23.1 Å². The summed E-state index contributed by atoms with van der Waals surface area (Å²) in [5, 5.41) is 0. The average molecular weight is 316 g/mol. The summed E-state index contributed by atoms with van der Waals surface area (Å²) in [6, 6.07) is 5.62. The number of benzene rings is 1.